The van der Waals surface area contributed by atoms with E-state index in [0.717, 1.165) is 3.79 Å². The molecule has 0 aliphatic rings. The third-order valence-electron chi connectivity index (χ3n) is 2.71. The lowest BCUT2D eigenvalue weighted by molar-refractivity contribution is -0.128. The summed E-state index contributed by atoms with van der Waals surface area (Å²) in [5.74, 6) is 0.0598. The van der Waals surface area contributed by atoms with E-state index in [2.05, 4.69) is 39.6 Å². The second kappa shape index (κ2) is 5.98. The molecule has 1 heterocycles. The smallest absolute Gasteiger partial charge is 0.226 e. The summed E-state index contributed by atoms with van der Waals surface area (Å²) in [5.41, 5.74) is -0.391. The number of nitrogens with one attached hydrogen (secondary N) is 2. The van der Waals surface area contributed by atoms with E-state index < -0.39 is 5.41 Å². The van der Waals surface area contributed by atoms with Crippen LogP contribution in [0.25, 0.3) is 0 Å². The van der Waals surface area contributed by atoms with Gasteiger partial charge in [0.1, 0.15) is 0 Å². The van der Waals surface area contributed by atoms with Gasteiger partial charge in [-0.15, -0.1) is 11.3 Å². The molecule has 0 aliphatic carbocycles. The van der Waals surface area contributed by atoms with Gasteiger partial charge in [0.2, 0.25) is 5.91 Å². The summed E-state index contributed by atoms with van der Waals surface area (Å²) in [6, 6.07) is 4.40. The largest absolute Gasteiger partial charge is 0.359 e. The fourth-order valence-corrected chi connectivity index (χ4v) is 2.94. The molecule has 0 fully saturated rings. The number of hydrogen-bond donors (Lipinski definition) is 2. The SMILES string of the molecule is CNC(=O)C(C)(C)CNC(C)c1ccc(Br)s1. The van der Waals surface area contributed by atoms with Crippen LogP contribution in [-0.4, -0.2) is 19.5 Å². The minimum atomic E-state index is -0.391. The fourth-order valence-electron chi connectivity index (χ4n) is 1.49. The van der Waals surface area contributed by atoms with Gasteiger partial charge in [-0.25, -0.2) is 0 Å². The number of hydrogen-bond acceptors (Lipinski definition) is 3. The maximum Gasteiger partial charge on any atom is 0.226 e. The summed E-state index contributed by atoms with van der Waals surface area (Å²) in [6.45, 7) is 6.65. The van der Waals surface area contributed by atoms with Gasteiger partial charge in [0.25, 0.3) is 0 Å². The molecule has 1 unspecified atom stereocenters. The lowest BCUT2D eigenvalue weighted by Crippen LogP contribution is -2.42. The molecule has 1 atom stereocenters. The number of carbonyl (C=O) groups is 1. The average Bonchev–Trinajstić information content (AvgIpc) is 2.71. The maximum absolute atomic E-state index is 11.6. The highest BCUT2D eigenvalue weighted by Gasteiger charge is 2.26. The molecule has 1 aromatic rings. The molecule has 2 N–H and O–H groups in total. The lowest BCUT2D eigenvalue weighted by Gasteiger charge is -2.25. The van der Waals surface area contributed by atoms with Crippen LogP contribution < -0.4 is 10.6 Å². The molecule has 5 heteroatoms. The first-order valence-corrected chi connectivity index (χ1v) is 7.18. The summed E-state index contributed by atoms with van der Waals surface area (Å²) in [7, 11) is 1.67. The minimum absolute atomic E-state index is 0.0598. The summed E-state index contributed by atoms with van der Waals surface area (Å²) < 4.78 is 1.13. The highest BCUT2D eigenvalue weighted by Crippen LogP contribution is 2.27. The van der Waals surface area contributed by atoms with Gasteiger partial charge in [-0.1, -0.05) is 0 Å². The number of thiophene rings is 1. The lowest BCUT2D eigenvalue weighted by atomic mass is 9.92. The third-order valence-corrected chi connectivity index (χ3v) is 4.52. The van der Waals surface area contributed by atoms with E-state index in [-0.39, 0.29) is 11.9 Å². The van der Waals surface area contributed by atoms with Crippen molar-refractivity contribution in [3.8, 4) is 0 Å². The Labute approximate surface area is 115 Å². The van der Waals surface area contributed by atoms with Crippen molar-refractivity contribution < 1.29 is 4.79 Å². The van der Waals surface area contributed by atoms with Crippen LogP contribution in [0, 0.1) is 5.41 Å². The highest BCUT2D eigenvalue weighted by atomic mass is 79.9. The van der Waals surface area contributed by atoms with Crippen molar-refractivity contribution in [2.75, 3.05) is 13.6 Å². The molecule has 3 nitrogen and oxygen atoms in total. The molecule has 0 saturated carbocycles. The van der Waals surface area contributed by atoms with Crippen LogP contribution in [0.4, 0.5) is 0 Å². The van der Waals surface area contributed by atoms with E-state index >= 15 is 0 Å². The number of amides is 1. The number of halogens is 1. The summed E-state index contributed by atoms with van der Waals surface area (Å²) >= 11 is 5.17. The van der Waals surface area contributed by atoms with Gasteiger partial charge in [-0.3, -0.25) is 4.79 Å². The van der Waals surface area contributed by atoms with Crippen LogP contribution in [0.2, 0.25) is 0 Å². The fraction of sp³-hybridized carbons (Fsp3) is 0.583. The summed E-state index contributed by atoms with van der Waals surface area (Å²) in [5, 5.41) is 6.09. The van der Waals surface area contributed by atoms with Gasteiger partial charge in [-0.05, 0) is 48.8 Å². The molecule has 0 aromatic carbocycles. The summed E-state index contributed by atoms with van der Waals surface area (Å²) in [6.07, 6.45) is 0. The zero-order valence-corrected chi connectivity index (χ0v) is 13.0. The summed E-state index contributed by atoms with van der Waals surface area (Å²) in [4.78, 5) is 12.9. The predicted octanol–water partition coefficient (Wildman–Crippen LogP) is 2.93. The molecule has 0 bridgehead atoms. The quantitative estimate of drug-likeness (QED) is 0.876. The normalized spacial score (nSPS) is 13.5. The van der Waals surface area contributed by atoms with Crippen LogP contribution in [-0.2, 0) is 4.79 Å². The molecule has 0 aliphatic heterocycles. The van der Waals surface area contributed by atoms with Crippen molar-refractivity contribution in [2.24, 2.45) is 5.41 Å². The molecule has 96 valence electrons. The van der Waals surface area contributed by atoms with Gasteiger partial charge < -0.3 is 10.6 Å². The van der Waals surface area contributed by atoms with E-state index in [0.29, 0.717) is 6.54 Å². The second-order valence-corrected chi connectivity index (χ2v) is 7.20. The first-order chi connectivity index (χ1) is 7.86. The minimum Gasteiger partial charge on any atom is -0.359 e. The van der Waals surface area contributed by atoms with Crippen molar-refractivity contribution in [1.29, 1.82) is 0 Å². The Morgan fingerprint density at radius 1 is 1.53 bits per heavy atom. The monoisotopic (exact) mass is 318 g/mol. The Morgan fingerprint density at radius 2 is 2.18 bits per heavy atom. The Kier molecular flexibility index (Phi) is 5.16. The van der Waals surface area contributed by atoms with Gasteiger partial charge >= 0.3 is 0 Å². The van der Waals surface area contributed by atoms with Gasteiger partial charge in [-0.2, -0.15) is 0 Å². The molecule has 1 rings (SSSR count). The molecular formula is C12H19BrN2OS. The van der Waals surface area contributed by atoms with E-state index in [1.165, 1.54) is 4.88 Å². The maximum atomic E-state index is 11.6. The van der Waals surface area contributed by atoms with Crippen LogP contribution in [0.3, 0.4) is 0 Å². The highest BCUT2D eigenvalue weighted by molar-refractivity contribution is 9.11. The van der Waals surface area contributed by atoms with Crippen LogP contribution in [0.5, 0.6) is 0 Å². The first-order valence-electron chi connectivity index (χ1n) is 5.57. The van der Waals surface area contributed by atoms with Crippen LogP contribution in [0.1, 0.15) is 31.7 Å². The van der Waals surface area contributed by atoms with E-state index in [1.54, 1.807) is 18.4 Å². The molecular weight excluding hydrogens is 300 g/mol. The molecule has 0 saturated heterocycles. The van der Waals surface area contributed by atoms with E-state index in [4.69, 9.17) is 0 Å². The Balaban J connectivity index is 2.53. The Hall–Kier alpha value is -0.390. The molecule has 1 amide bonds. The standard InChI is InChI=1S/C12H19BrN2OS/c1-8(9-5-6-10(13)17-9)15-7-12(2,3)11(16)14-4/h5-6,8,15H,7H2,1-4H3,(H,14,16). The Bertz CT molecular complexity index is 390. The Morgan fingerprint density at radius 3 is 2.65 bits per heavy atom. The molecule has 17 heavy (non-hydrogen) atoms. The topological polar surface area (TPSA) is 41.1 Å². The second-order valence-electron chi connectivity index (χ2n) is 4.71. The number of carbonyl (C=O) groups excluding carboxylic acids is 1. The van der Waals surface area contributed by atoms with Gasteiger partial charge in [0.15, 0.2) is 0 Å². The van der Waals surface area contributed by atoms with Crippen molar-refractivity contribution in [1.82, 2.24) is 10.6 Å². The van der Waals surface area contributed by atoms with Crippen molar-refractivity contribution >= 4 is 33.2 Å². The zero-order chi connectivity index (χ0) is 13.1. The van der Waals surface area contributed by atoms with Crippen molar-refractivity contribution in [3.63, 3.8) is 0 Å². The zero-order valence-electron chi connectivity index (χ0n) is 10.6. The van der Waals surface area contributed by atoms with E-state index in [9.17, 15) is 4.79 Å². The molecule has 1 aromatic heterocycles. The predicted molar refractivity (Wildman–Crippen MR) is 76.3 cm³/mol. The van der Waals surface area contributed by atoms with Gasteiger partial charge in [0.05, 0.1) is 9.20 Å². The molecule has 0 spiro atoms. The third kappa shape index (κ3) is 4.08. The van der Waals surface area contributed by atoms with Crippen molar-refractivity contribution in [2.45, 2.75) is 26.8 Å². The van der Waals surface area contributed by atoms with Crippen molar-refractivity contribution in [3.05, 3.63) is 20.8 Å². The van der Waals surface area contributed by atoms with Gasteiger partial charge in [0, 0.05) is 24.5 Å². The number of rotatable bonds is 5. The van der Waals surface area contributed by atoms with Crippen LogP contribution in [0.15, 0.2) is 15.9 Å². The van der Waals surface area contributed by atoms with E-state index in [1.807, 2.05) is 19.9 Å². The first kappa shape index (κ1) is 14.7. The van der Waals surface area contributed by atoms with Crippen LogP contribution >= 0.6 is 27.3 Å². The average molecular weight is 319 g/mol. The molecule has 0 radical (unpaired) electrons.